The fraction of sp³-hybridized carbons (Fsp3) is 0. The minimum absolute atomic E-state index is 0.579. The highest BCUT2D eigenvalue weighted by Gasteiger charge is 2.16. The lowest BCUT2D eigenvalue weighted by atomic mass is 10.00. The number of benzene rings is 5. The average molecular weight is 771 g/mol. The van der Waals surface area contributed by atoms with E-state index in [4.69, 9.17) is 34.9 Å². The molecule has 0 aliphatic heterocycles. The zero-order chi connectivity index (χ0) is 40.1. The summed E-state index contributed by atoms with van der Waals surface area (Å²) in [5.74, 6) is 2.38. The van der Waals surface area contributed by atoms with E-state index in [1.165, 1.54) is 0 Å². The van der Waals surface area contributed by atoms with Crippen LogP contribution in [-0.4, -0.2) is 39.9 Å². The molecule has 10 rings (SSSR count). The van der Waals surface area contributed by atoms with Crippen LogP contribution in [0.15, 0.2) is 207 Å². The van der Waals surface area contributed by atoms with E-state index in [0.29, 0.717) is 34.7 Å². The van der Waals surface area contributed by atoms with Gasteiger partial charge in [-0.25, -0.2) is 29.9 Å². The monoisotopic (exact) mass is 770 g/mol. The fourth-order valence-electron chi connectivity index (χ4n) is 7.02. The summed E-state index contributed by atoms with van der Waals surface area (Å²) in [6.45, 7) is 0. The van der Waals surface area contributed by atoms with Gasteiger partial charge in [0.1, 0.15) is 0 Å². The van der Waals surface area contributed by atoms with Gasteiger partial charge in [0.15, 0.2) is 23.3 Å². The lowest BCUT2D eigenvalue weighted by Gasteiger charge is -2.12. The van der Waals surface area contributed by atoms with Gasteiger partial charge in [-0.05, 0) is 59.7 Å². The molecular weight excluding hydrogens is 737 g/mol. The highest BCUT2D eigenvalue weighted by molar-refractivity contribution is 5.79. The Hall–Kier alpha value is -8.36. The summed E-state index contributed by atoms with van der Waals surface area (Å²) in [6, 6.07) is 64.5. The van der Waals surface area contributed by atoms with Crippen LogP contribution in [0.5, 0.6) is 0 Å². The first-order chi connectivity index (χ1) is 29.7. The zero-order valence-electron chi connectivity index (χ0n) is 32.2. The van der Waals surface area contributed by atoms with Crippen LogP contribution < -0.4 is 0 Å². The van der Waals surface area contributed by atoms with E-state index in [1.54, 1.807) is 6.20 Å². The molecular formula is C52H34N8. The number of pyridine rings is 3. The Balaban J connectivity index is 1.05. The van der Waals surface area contributed by atoms with Gasteiger partial charge in [-0.1, -0.05) is 146 Å². The van der Waals surface area contributed by atoms with Gasteiger partial charge in [-0.3, -0.25) is 9.97 Å². The topological polar surface area (TPSA) is 103 Å². The Morgan fingerprint density at radius 3 is 1.20 bits per heavy atom. The van der Waals surface area contributed by atoms with E-state index >= 15 is 0 Å². The van der Waals surface area contributed by atoms with Crippen molar-refractivity contribution in [1.82, 2.24) is 39.9 Å². The van der Waals surface area contributed by atoms with Crippen LogP contribution in [0.25, 0.3) is 102 Å². The quantitative estimate of drug-likeness (QED) is 0.143. The third-order valence-corrected chi connectivity index (χ3v) is 10.1. The van der Waals surface area contributed by atoms with Crippen molar-refractivity contribution in [3.8, 4) is 102 Å². The molecule has 0 unspecified atom stereocenters. The first-order valence-corrected chi connectivity index (χ1v) is 19.6. The summed E-state index contributed by atoms with van der Waals surface area (Å²) in [5, 5.41) is 0. The first-order valence-electron chi connectivity index (χ1n) is 19.6. The summed E-state index contributed by atoms with van der Waals surface area (Å²) in [6.07, 6.45) is 3.60. The predicted octanol–water partition coefficient (Wildman–Crippen LogP) is 11.8. The van der Waals surface area contributed by atoms with Crippen molar-refractivity contribution in [2.24, 2.45) is 0 Å². The second kappa shape index (κ2) is 16.2. The molecule has 0 spiro atoms. The number of hydrogen-bond donors (Lipinski definition) is 0. The van der Waals surface area contributed by atoms with Crippen LogP contribution >= 0.6 is 0 Å². The highest BCUT2D eigenvalue weighted by Crippen LogP contribution is 2.33. The molecule has 60 heavy (non-hydrogen) atoms. The molecule has 0 amide bonds. The molecule has 0 N–H and O–H groups in total. The van der Waals surface area contributed by atoms with Crippen molar-refractivity contribution < 1.29 is 0 Å². The number of hydrogen-bond acceptors (Lipinski definition) is 8. The largest absolute Gasteiger partial charge is 0.255 e. The second-order valence-electron chi connectivity index (χ2n) is 14.1. The van der Waals surface area contributed by atoms with Crippen LogP contribution in [-0.2, 0) is 0 Å². The molecule has 0 fully saturated rings. The van der Waals surface area contributed by atoms with Crippen molar-refractivity contribution in [2.75, 3.05) is 0 Å². The Bertz CT molecular complexity index is 2940. The summed E-state index contributed by atoms with van der Waals surface area (Å²) < 4.78 is 0. The second-order valence-corrected chi connectivity index (χ2v) is 14.1. The smallest absolute Gasteiger partial charge is 0.164 e. The molecule has 8 heteroatoms. The van der Waals surface area contributed by atoms with E-state index in [2.05, 4.69) is 53.5 Å². The predicted molar refractivity (Wildman–Crippen MR) is 238 cm³/mol. The minimum atomic E-state index is 0.579. The van der Waals surface area contributed by atoms with Gasteiger partial charge in [0.25, 0.3) is 0 Å². The van der Waals surface area contributed by atoms with E-state index in [-0.39, 0.29) is 0 Å². The Labute approximate surface area is 347 Å². The van der Waals surface area contributed by atoms with Crippen LogP contribution in [0, 0.1) is 0 Å². The SMILES string of the molecule is c1ccc(-c2cc(-c3ccccc3)nc(-c3ccc(-c4cc(-c5cccc(-c6nc(-c7ccccc7)nc(-c7ccccc7)n6)c5)cc(-c5ccccn5)n4)nc3)n2)cc1. The molecule has 0 bridgehead atoms. The first kappa shape index (κ1) is 36.0. The Kier molecular flexibility index (Phi) is 9.75. The number of nitrogens with zero attached hydrogens (tertiary/aromatic N) is 8. The minimum Gasteiger partial charge on any atom is -0.255 e. The third kappa shape index (κ3) is 7.68. The summed E-state index contributed by atoms with van der Waals surface area (Å²) in [7, 11) is 0. The zero-order valence-corrected chi connectivity index (χ0v) is 32.2. The van der Waals surface area contributed by atoms with Crippen LogP contribution in [0.4, 0.5) is 0 Å². The molecule has 282 valence electrons. The van der Waals surface area contributed by atoms with Gasteiger partial charge in [0, 0.05) is 45.8 Å². The standard InChI is InChI=1S/C52H34N8/c1-5-16-35(17-6-1)45-33-46(36-18-7-2-8-19-36)57-52(56-45)41-27-28-44(54-34-41)48-32-42(31-47(55-48)43-26-13-14-29-53-43)39-24-15-25-40(30-39)51-59-49(37-20-9-3-10-21-37)58-50(60-51)38-22-11-4-12-23-38/h1-34H. The summed E-state index contributed by atoms with van der Waals surface area (Å²) in [5.41, 5.74) is 12.0. The molecule has 10 aromatic rings. The molecule has 5 aromatic heterocycles. The molecule has 0 saturated carbocycles. The van der Waals surface area contributed by atoms with Crippen molar-refractivity contribution in [1.29, 1.82) is 0 Å². The lowest BCUT2D eigenvalue weighted by Crippen LogP contribution is -2.00. The maximum Gasteiger partial charge on any atom is 0.164 e. The molecule has 8 nitrogen and oxygen atoms in total. The molecule has 0 radical (unpaired) electrons. The van der Waals surface area contributed by atoms with Crippen molar-refractivity contribution in [2.45, 2.75) is 0 Å². The third-order valence-electron chi connectivity index (χ3n) is 10.1. The fourth-order valence-corrected chi connectivity index (χ4v) is 7.02. The van der Waals surface area contributed by atoms with Crippen molar-refractivity contribution in [3.05, 3.63) is 207 Å². The molecule has 0 aliphatic rings. The van der Waals surface area contributed by atoms with Gasteiger partial charge in [0.2, 0.25) is 0 Å². The maximum atomic E-state index is 5.09. The van der Waals surface area contributed by atoms with Crippen molar-refractivity contribution >= 4 is 0 Å². The van der Waals surface area contributed by atoms with Gasteiger partial charge in [-0.2, -0.15) is 0 Å². The maximum absolute atomic E-state index is 5.09. The summed E-state index contributed by atoms with van der Waals surface area (Å²) >= 11 is 0. The van der Waals surface area contributed by atoms with E-state index in [0.717, 1.165) is 67.3 Å². The molecule has 5 heterocycles. The normalized spacial score (nSPS) is 11.0. The molecule has 5 aromatic carbocycles. The van der Waals surface area contributed by atoms with Crippen LogP contribution in [0.1, 0.15) is 0 Å². The van der Waals surface area contributed by atoms with E-state index in [9.17, 15) is 0 Å². The van der Waals surface area contributed by atoms with Crippen molar-refractivity contribution in [3.63, 3.8) is 0 Å². The number of aromatic nitrogens is 8. The van der Waals surface area contributed by atoms with Gasteiger partial charge < -0.3 is 0 Å². The Morgan fingerprint density at radius 1 is 0.217 bits per heavy atom. The van der Waals surface area contributed by atoms with Crippen LogP contribution in [0.3, 0.4) is 0 Å². The van der Waals surface area contributed by atoms with Crippen LogP contribution in [0.2, 0.25) is 0 Å². The highest BCUT2D eigenvalue weighted by atomic mass is 15.0. The molecule has 0 saturated heterocycles. The van der Waals surface area contributed by atoms with Gasteiger partial charge >= 0.3 is 0 Å². The Morgan fingerprint density at radius 2 is 0.683 bits per heavy atom. The van der Waals surface area contributed by atoms with Gasteiger partial charge in [0.05, 0.1) is 34.2 Å². The van der Waals surface area contributed by atoms with E-state index < -0.39 is 0 Å². The number of rotatable bonds is 9. The molecule has 0 aliphatic carbocycles. The lowest BCUT2D eigenvalue weighted by molar-refractivity contribution is 1.07. The molecule has 0 atom stereocenters. The van der Waals surface area contributed by atoms with E-state index in [1.807, 2.05) is 152 Å². The van der Waals surface area contributed by atoms with Gasteiger partial charge in [-0.15, -0.1) is 0 Å². The average Bonchev–Trinajstić information content (AvgIpc) is 3.35. The summed E-state index contributed by atoms with van der Waals surface area (Å²) in [4.78, 5) is 39.5.